The van der Waals surface area contributed by atoms with E-state index in [2.05, 4.69) is 105 Å². The Morgan fingerprint density at radius 3 is 2.14 bits per heavy atom. The summed E-state index contributed by atoms with van der Waals surface area (Å²) >= 11 is 0.960. The van der Waals surface area contributed by atoms with E-state index < -0.39 is 90.7 Å². The number of rotatable bonds is 34. The molecule has 2 aromatic rings. The van der Waals surface area contributed by atoms with Crippen LogP contribution in [0.25, 0.3) is 11.2 Å². The van der Waals surface area contributed by atoms with Crippen molar-refractivity contribution >= 4 is 69.1 Å². The first-order valence-electron chi connectivity index (χ1n) is 22.9. The number of phosphoric ester groups is 3. The Kier molecular flexibility index (Phi) is 27.1. The first kappa shape index (κ1) is 62.5. The Bertz CT molecular complexity index is 2340. The van der Waals surface area contributed by atoms with Gasteiger partial charge in [0.15, 0.2) is 22.8 Å². The van der Waals surface area contributed by atoms with E-state index in [0.717, 1.165) is 73.9 Å². The first-order chi connectivity index (χ1) is 33.9. The molecular weight excluding hydrogens is 1030 g/mol. The fourth-order valence-corrected chi connectivity index (χ4v) is 9.94. The van der Waals surface area contributed by atoms with Gasteiger partial charge in [-0.3, -0.25) is 28.1 Å². The number of carbonyl (C=O) groups is 3. The number of hydrogen-bond acceptors (Lipinski definition) is 23. The number of aromatic nitrogens is 4. The van der Waals surface area contributed by atoms with Crippen molar-refractivity contribution in [1.29, 1.82) is 0 Å². The molecule has 1 aliphatic rings. The van der Waals surface area contributed by atoms with Gasteiger partial charge in [0.2, 0.25) is 11.8 Å². The van der Waals surface area contributed by atoms with E-state index in [1.807, 2.05) is 6.08 Å². The standard InChI is InChI=1S/C43H68N7O18P3S/c1-4-5-6-7-8-9-10-11-12-13-14-15-16-17-18-19-20-21-31(51)26-34(53)72-25-24-45-33(52)22-23-46-41(56)38(55)43(2,3)28-65-71(62,63)68-70(60,61)64-27-32-37(67-69(57,58)59)36(54)42(66-32)50-30-49-35-39(44)47-29-48-40(35)50/h5-6,8-9,11-12,14-15,17-18,29-32,36-38,42,51,54-55H,4,7,10,13,16,19-28H2,1-3H3,(H,45,52)(H,46,56)(H,60,61)(H,62,63)(H2,44,47,48)(H2,57,58,59)/p-4/b6-5-,9-8-,12-11-,15-14-,18-17-/t31-,32-,36-,37-,38+,42-/m1/s1. The molecule has 3 rings (SSSR count). The van der Waals surface area contributed by atoms with Crippen molar-refractivity contribution in [2.24, 2.45) is 5.41 Å². The number of anilines is 1. The maximum absolute atomic E-state index is 12.7. The highest BCUT2D eigenvalue weighted by Crippen LogP contribution is 2.56. The van der Waals surface area contributed by atoms with Crippen LogP contribution in [-0.2, 0) is 50.7 Å². The number of allylic oxidation sites excluding steroid dienone is 10. The summed E-state index contributed by atoms with van der Waals surface area (Å²) < 4.78 is 60.8. The molecule has 25 nitrogen and oxygen atoms in total. The van der Waals surface area contributed by atoms with Gasteiger partial charge in [-0.1, -0.05) is 93.3 Å². The minimum atomic E-state index is -5.94. The molecule has 8 atom stereocenters. The van der Waals surface area contributed by atoms with Crippen molar-refractivity contribution in [3.63, 3.8) is 0 Å². The molecule has 0 radical (unpaired) electrons. The summed E-state index contributed by atoms with van der Waals surface area (Å²) in [5, 5.41) is 36.4. The van der Waals surface area contributed by atoms with Gasteiger partial charge in [0.05, 0.1) is 33.5 Å². The number of phosphoric acid groups is 3. The van der Waals surface area contributed by atoms with E-state index in [1.54, 1.807) is 0 Å². The van der Waals surface area contributed by atoms with Gasteiger partial charge in [-0.15, -0.1) is 0 Å². The van der Waals surface area contributed by atoms with Gasteiger partial charge in [0.1, 0.15) is 36.3 Å². The first-order valence-corrected chi connectivity index (χ1v) is 28.2. The normalized spacial score (nSPS) is 20.5. The molecule has 1 aliphatic heterocycles. The monoisotopic (exact) mass is 1090 g/mol. The second-order valence-electron chi connectivity index (χ2n) is 16.7. The van der Waals surface area contributed by atoms with Gasteiger partial charge < -0.3 is 74.1 Å². The van der Waals surface area contributed by atoms with Crippen LogP contribution in [0.3, 0.4) is 0 Å². The lowest BCUT2D eigenvalue weighted by Gasteiger charge is -2.36. The maximum atomic E-state index is 12.7. The fraction of sp³-hybridized carbons (Fsp3) is 0.581. The highest BCUT2D eigenvalue weighted by Gasteiger charge is 2.47. The van der Waals surface area contributed by atoms with E-state index in [-0.39, 0.29) is 53.8 Å². The molecule has 2 amide bonds. The van der Waals surface area contributed by atoms with E-state index in [9.17, 15) is 63.0 Å². The molecular formula is C43H64N7O18P3S-4. The zero-order valence-corrected chi connectivity index (χ0v) is 43.6. The second kappa shape index (κ2) is 31.2. The number of hydrogen-bond donors (Lipinski definition) is 6. The number of amides is 2. The van der Waals surface area contributed by atoms with Crippen molar-refractivity contribution < 1.29 is 85.6 Å². The van der Waals surface area contributed by atoms with Crippen LogP contribution in [0.5, 0.6) is 0 Å². The van der Waals surface area contributed by atoms with Crippen LogP contribution in [0.4, 0.5) is 5.82 Å². The van der Waals surface area contributed by atoms with Gasteiger partial charge in [0.25, 0.3) is 15.6 Å². The van der Waals surface area contributed by atoms with Gasteiger partial charge >= 0.3 is 0 Å². The molecule has 404 valence electrons. The number of carbonyl (C=O) groups excluding carboxylic acids is 3. The lowest BCUT2D eigenvalue weighted by Crippen LogP contribution is -2.46. The third kappa shape index (κ3) is 23.6. The Morgan fingerprint density at radius 2 is 1.51 bits per heavy atom. The van der Waals surface area contributed by atoms with Crippen LogP contribution < -0.4 is 35.9 Å². The highest BCUT2D eigenvalue weighted by molar-refractivity contribution is 8.13. The van der Waals surface area contributed by atoms with Gasteiger partial charge in [-0.25, -0.2) is 19.3 Å². The number of fused-ring (bicyclic) bond motifs is 1. The molecule has 1 fully saturated rings. The smallest absolute Gasteiger partial charge is 0.274 e. The summed E-state index contributed by atoms with van der Waals surface area (Å²) in [6.07, 6.45) is 19.3. The highest BCUT2D eigenvalue weighted by atomic mass is 32.2. The Balaban J connectivity index is 1.29. The van der Waals surface area contributed by atoms with Gasteiger partial charge in [-0.2, -0.15) is 0 Å². The predicted octanol–water partition coefficient (Wildman–Crippen LogP) is 1.81. The summed E-state index contributed by atoms with van der Waals surface area (Å²) in [5.74, 6) is -1.38. The van der Waals surface area contributed by atoms with E-state index in [1.165, 1.54) is 13.8 Å². The third-order valence-corrected chi connectivity index (χ3v) is 14.1. The summed E-state index contributed by atoms with van der Waals surface area (Å²) in [4.78, 5) is 97.0. The number of aliphatic hydroxyl groups is 3. The Hall–Kier alpha value is -3.78. The molecule has 2 unspecified atom stereocenters. The van der Waals surface area contributed by atoms with Gasteiger partial charge in [-0.05, 0) is 51.4 Å². The summed E-state index contributed by atoms with van der Waals surface area (Å²) in [7, 11) is -17.7. The largest absolute Gasteiger partial charge is 0.790 e. The number of imidazole rings is 1. The second-order valence-corrected chi connectivity index (χ2v) is 21.9. The van der Waals surface area contributed by atoms with E-state index in [4.69, 9.17) is 10.5 Å². The lowest BCUT2D eigenvalue weighted by atomic mass is 9.87. The topological polar surface area (TPSA) is 395 Å². The fourth-order valence-electron chi connectivity index (χ4n) is 6.47. The van der Waals surface area contributed by atoms with Gasteiger partial charge in [0, 0.05) is 37.1 Å². The lowest BCUT2D eigenvalue weighted by molar-refractivity contribution is -0.347. The van der Waals surface area contributed by atoms with Crippen molar-refractivity contribution in [3.8, 4) is 0 Å². The Labute approximate surface area is 421 Å². The quantitative estimate of drug-likeness (QED) is 0.0330. The molecule has 0 bridgehead atoms. The van der Waals surface area contributed by atoms with Crippen LogP contribution >= 0.6 is 35.2 Å². The van der Waals surface area contributed by atoms with E-state index >= 15 is 0 Å². The number of unbranched alkanes of at least 4 members (excludes halogenated alkanes) is 1. The molecule has 7 N–H and O–H groups in total. The molecule has 29 heteroatoms. The average Bonchev–Trinajstić information content (AvgIpc) is 3.86. The zero-order chi connectivity index (χ0) is 53.4. The average molecular weight is 1090 g/mol. The molecule has 0 aromatic carbocycles. The predicted molar refractivity (Wildman–Crippen MR) is 257 cm³/mol. The van der Waals surface area contributed by atoms with Crippen LogP contribution in [-0.4, -0.2) is 114 Å². The number of ether oxygens (including phenoxy) is 1. The zero-order valence-electron chi connectivity index (χ0n) is 40.1. The van der Waals surface area contributed by atoms with Crippen molar-refractivity contribution in [3.05, 3.63) is 73.4 Å². The molecule has 3 heterocycles. The summed E-state index contributed by atoms with van der Waals surface area (Å²) in [5.41, 5.74) is 4.05. The molecule has 1 saturated heterocycles. The van der Waals surface area contributed by atoms with Crippen LogP contribution in [0.1, 0.15) is 91.2 Å². The molecule has 2 aromatic heterocycles. The van der Waals surface area contributed by atoms with Crippen LogP contribution in [0.2, 0.25) is 0 Å². The van der Waals surface area contributed by atoms with Crippen LogP contribution in [0, 0.1) is 5.41 Å². The van der Waals surface area contributed by atoms with Crippen molar-refractivity contribution in [2.75, 3.05) is 37.8 Å². The number of aliphatic hydroxyl groups excluding tert-OH is 3. The number of thioether (sulfide) groups is 1. The summed E-state index contributed by atoms with van der Waals surface area (Å²) in [6, 6.07) is 0. The molecule has 0 spiro atoms. The number of nitrogens with zero attached hydrogens (tertiary/aromatic N) is 4. The Morgan fingerprint density at radius 1 is 0.903 bits per heavy atom. The molecule has 0 saturated carbocycles. The maximum Gasteiger partial charge on any atom is 0.274 e. The minimum absolute atomic E-state index is 0.0271. The van der Waals surface area contributed by atoms with Crippen LogP contribution in [0.15, 0.2) is 73.4 Å². The summed E-state index contributed by atoms with van der Waals surface area (Å²) in [6.45, 7) is 2.06. The number of nitrogens with one attached hydrogen (secondary N) is 2. The number of nitrogens with two attached hydrogens (primary N) is 1. The minimum Gasteiger partial charge on any atom is -0.790 e. The third-order valence-electron chi connectivity index (χ3n) is 10.2. The molecule has 0 aliphatic carbocycles. The van der Waals surface area contributed by atoms with E-state index in [0.29, 0.717) is 6.42 Å². The van der Waals surface area contributed by atoms with Crippen molar-refractivity contribution in [1.82, 2.24) is 30.2 Å². The molecule has 72 heavy (non-hydrogen) atoms. The SMILES string of the molecule is CC/C=C\C/C=C\C/C=C\C/C=C\C/C=C\CCC[C@@H](O)CC(=O)SCCNC(=O)CCNC(=O)[C@H](O)C(C)(C)COP(=O)([O-])OP(=O)([O-])OC[C@H]1O[C@@H](n2cnc3c(N)ncnc32)[C@H](O)[C@@H]1OP(=O)([O-])[O-]. The number of nitrogen functional groups attached to an aromatic ring is 1. The van der Waals surface area contributed by atoms with Crippen molar-refractivity contribution in [2.45, 2.75) is 122 Å².